The predicted molar refractivity (Wildman–Crippen MR) is 98.2 cm³/mol. The normalized spacial score (nSPS) is 11.3. The molecular formula is C19H17ClN4. The lowest BCUT2D eigenvalue weighted by atomic mass is 10.1. The van der Waals surface area contributed by atoms with Crippen LogP contribution in [-0.2, 0) is 6.42 Å². The van der Waals surface area contributed by atoms with Gasteiger partial charge in [0, 0.05) is 21.8 Å². The molecule has 2 aromatic heterocycles. The van der Waals surface area contributed by atoms with Gasteiger partial charge in [0.15, 0.2) is 0 Å². The number of hydrogen-bond donors (Lipinski definition) is 2. The number of nitrogens with zero attached hydrogens (tertiary/aromatic N) is 2. The van der Waals surface area contributed by atoms with Crippen LogP contribution in [0.15, 0.2) is 42.5 Å². The average Bonchev–Trinajstić information content (AvgIpc) is 3.17. The van der Waals surface area contributed by atoms with Gasteiger partial charge in [0.1, 0.15) is 11.6 Å². The van der Waals surface area contributed by atoms with Gasteiger partial charge in [0.2, 0.25) is 0 Å². The Morgan fingerprint density at radius 2 is 1.67 bits per heavy atom. The highest BCUT2D eigenvalue weighted by Gasteiger charge is 2.14. The van der Waals surface area contributed by atoms with Crippen LogP contribution in [0.1, 0.15) is 18.3 Å². The fraction of sp³-hybridized carbons (Fsp3) is 0.158. The van der Waals surface area contributed by atoms with E-state index >= 15 is 0 Å². The third-order valence-corrected chi connectivity index (χ3v) is 4.44. The number of fused-ring (bicyclic) bond motifs is 1. The van der Waals surface area contributed by atoms with Crippen LogP contribution in [0.2, 0.25) is 5.02 Å². The van der Waals surface area contributed by atoms with Crippen LogP contribution < -0.4 is 0 Å². The summed E-state index contributed by atoms with van der Waals surface area (Å²) in [5.74, 6) is 1.69. The molecule has 0 aliphatic heterocycles. The Bertz CT molecular complexity index is 1030. The summed E-state index contributed by atoms with van der Waals surface area (Å²) in [6.07, 6.45) is 0.910. The minimum Gasteiger partial charge on any atom is -0.342 e. The second kappa shape index (κ2) is 5.80. The van der Waals surface area contributed by atoms with Gasteiger partial charge in [-0.25, -0.2) is 9.97 Å². The van der Waals surface area contributed by atoms with E-state index in [4.69, 9.17) is 21.6 Å². The van der Waals surface area contributed by atoms with Crippen molar-refractivity contribution in [2.24, 2.45) is 0 Å². The van der Waals surface area contributed by atoms with Crippen molar-refractivity contribution < 1.29 is 0 Å². The highest BCUT2D eigenvalue weighted by molar-refractivity contribution is 6.31. The number of rotatable bonds is 3. The Kier molecular flexibility index (Phi) is 3.62. The van der Waals surface area contributed by atoms with Crippen LogP contribution >= 0.6 is 11.6 Å². The van der Waals surface area contributed by atoms with Gasteiger partial charge in [0.05, 0.1) is 16.7 Å². The van der Waals surface area contributed by atoms with Gasteiger partial charge in [-0.1, -0.05) is 42.8 Å². The second-order valence-corrected chi connectivity index (χ2v) is 6.24. The molecule has 0 aliphatic carbocycles. The molecule has 0 aliphatic rings. The highest BCUT2D eigenvalue weighted by Crippen LogP contribution is 2.31. The first-order chi connectivity index (χ1) is 11.7. The maximum Gasteiger partial charge on any atom is 0.139 e. The molecule has 0 amide bonds. The summed E-state index contributed by atoms with van der Waals surface area (Å²) in [5.41, 5.74) is 6.08. The average molecular weight is 337 g/mol. The fourth-order valence-electron chi connectivity index (χ4n) is 2.97. The Hall–Kier alpha value is -2.59. The lowest BCUT2D eigenvalue weighted by molar-refractivity contribution is 1.04. The molecule has 4 aromatic rings. The number of aromatic amines is 2. The number of benzene rings is 2. The van der Waals surface area contributed by atoms with E-state index in [2.05, 4.69) is 35.9 Å². The fourth-order valence-corrected chi connectivity index (χ4v) is 3.15. The molecule has 4 nitrogen and oxygen atoms in total. The monoisotopic (exact) mass is 336 g/mol. The van der Waals surface area contributed by atoms with Crippen molar-refractivity contribution in [1.29, 1.82) is 0 Å². The second-order valence-electron chi connectivity index (χ2n) is 5.80. The molecule has 2 N–H and O–H groups in total. The van der Waals surface area contributed by atoms with Gasteiger partial charge in [-0.15, -0.1) is 0 Å². The quantitative estimate of drug-likeness (QED) is 0.544. The molecule has 2 aromatic carbocycles. The first kappa shape index (κ1) is 15.0. The number of nitrogens with one attached hydrogen (secondary N) is 2. The first-order valence-electron chi connectivity index (χ1n) is 7.96. The summed E-state index contributed by atoms with van der Waals surface area (Å²) in [7, 11) is 0. The van der Waals surface area contributed by atoms with Crippen molar-refractivity contribution in [2.45, 2.75) is 20.3 Å². The highest BCUT2D eigenvalue weighted by atomic mass is 35.5. The van der Waals surface area contributed by atoms with Gasteiger partial charge in [-0.2, -0.15) is 0 Å². The van der Waals surface area contributed by atoms with Crippen LogP contribution in [-0.4, -0.2) is 19.9 Å². The molecule has 5 heteroatoms. The minimum absolute atomic E-state index is 0.695. The molecule has 120 valence electrons. The molecule has 0 bridgehead atoms. The molecule has 0 atom stereocenters. The number of aromatic nitrogens is 4. The molecule has 0 fully saturated rings. The van der Waals surface area contributed by atoms with Crippen LogP contribution in [0.25, 0.3) is 33.8 Å². The molecule has 0 spiro atoms. The number of halogens is 1. The smallest absolute Gasteiger partial charge is 0.139 e. The van der Waals surface area contributed by atoms with Gasteiger partial charge in [0.25, 0.3) is 0 Å². The number of aryl methyl sites for hydroxylation is 2. The molecule has 0 unspecified atom stereocenters. The Morgan fingerprint density at radius 3 is 2.33 bits per heavy atom. The van der Waals surface area contributed by atoms with Crippen molar-refractivity contribution in [3.8, 4) is 22.8 Å². The summed E-state index contributed by atoms with van der Waals surface area (Å²) >= 11 is 6.07. The lowest BCUT2D eigenvalue weighted by Gasteiger charge is -2.04. The van der Waals surface area contributed by atoms with Crippen molar-refractivity contribution in [1.82, 2.24) is 19.9 Å². The summed E-state index contributed by atoms with van der Waals surface area (Å²) in [4.78, 5) is 16.2. The summed E-state index contributed by atoms with van der Waals surface area (Å²) in [6, 6.07) is 13.8. The SMILES string of the molecule is CCc1nc(-c2ccccc2-c2nc3ccc(Cl)cc3[nH]2)[nH]c1C. The van der Waals surface area contributed by atoms with Crippen LogP contribution in [0.3, 0.4) is 0 Å². The molecule has 0 saturated carbocycles. The van der Waals surface area contributed by atoms with E-state index in [1.165, 1.54) is 0 Å². The predicted octanol–water partition coefficient (Wildman–Crippen LogP) is 5.14. The van der Waals surface area contributed by atoms with Gasteiger partial charge in [-0.05, 0) is 31.5 Å². The van der Waals surface area contributed by atoms with E-state index in [-0.39, 0.29) is 0 Å². The van der Waals surface area contributed by atoms with Gasteiger partial charge in [-0.3, -0.25) is 0 Å². The number of hydrogen-bond acceptors (Lipinski definition) is 2. The Labute approximate surface area is 144 Å². The van der Waals surface area contributed by atoms with E-state index in [0.29, 0.717) is 5.02 Å². The third-order valence-electron chi connectivity index (χ3n) is 4.20. The van der Waals surface area contributed by atoms with Crippen molar-refractivity contribution >= 4 is 22.6 Å². The standard InChI is InChI=1S/C19H17ClN4/c1-3-15-11(2)21-18(22-15)13-6-4-5-7-14(13)19-23-16-9-8-12(20)10-17(16)24-19/h4-10H,3H2,1-2H3,(H,21,22)(H,23,24). The molecule has 4 rings (SSSR count). The van der Waals surface area contributed by atoms with Crippen molar-refractivity contribution in [2.75, 3.05) is 0 Å². The molecular weight excluding hydrogens is 320 g/mol. The zero-order chi connectivity index (χ0) is 16.7. The summed E-state index contributed by atoms with van der Waals surface area (Å²) in [5, 5.41) is 0.695. The first-order valence-corrected chi connectivity index (χ1v) is 8.34. The maximum atomic E-state index is 6.07. The van der Waals surface area contributed by atoms with E-state index in [1.807, 2.05) is 30.3 Å². The zero-order valence-electron chi connectivity index (χ0n) is 13.5. The topological polar surface area (TPSA) is 57.4 Å². The van der Waals surface area contributed by atoms with Gasteiger partial charge >= 0.3 is 0 Å². The van der Waals surface area contributed by atoms with Crippen LogP contribution in [0, 0.1) is 6.92 Å². The summed E-state index contributed by atoms with van der Waals surface area (Å²) < 4.78 is 0. The van der Waals surface area contributed by atoms with E-state index < -0.39 is 0 Å². The number of H-pyrrole nitrogens is 2. The van der Waals surface area contributed by atoms with Gasteiger partial charge < -0.3 is 9.97 Å². The Morgan fingerprint density at radius 1 is 0.958 bits per heavy atom. The molecule has 2 heterocycles. The maximum absolute atomic E-state index is 6.07. The van der Waals surface area contributed by atoms with Crippen LogP contribution in [0.5, 0.6) is 0 Å². The van der Waals surface area contributed by atoms with E-state index in [0.717, 1.165) is 51.6 Å². The zero-order valence-corrected chi connectivity index (χ0v) is 14.3. The van der Waals surface area contributed by atoms with Crippen molar-refractivity contribution in [3.63, 3.8) is 0 Å². The molecule has 24 heavy (non-hydrogen) atoms. The molecule has 0 radical (unpaired) electrons. The minimum atomic E-state index is 0.695. The lowest BCUT2D eigenvalue weighted by Crippen LogP contribution is -1.89. The van der Waals surface area contributed by atoms with Crippen molar-refractivity contribution in [3.05, 3.63) is 58.9 Å². The number of imidazole rings is 2. The van der Waals surface area contributed by atoms with E-state index in [1.54, 1.807) is 0 Å². The largest absolute Gasteiger partial charge is 0.342 e. The molecule has 0 saturated heterocycles. The van der Waals surface area contributed by atoms with E-state index in [9.17, 15) is 0 Å². The Balaban J connectivity index is 1.88. The third kappa shape index (κ3) is 2.49. The van der Waals surface area contributed by atoms with Crippen LogP contribution in [0.4, 0.5) is 0 Å². The summed E-state index contributed by atoms with van der Waals surface area (Å²) in [6.45, 7) is 4.17.